The normalized spacial score (nSPS) is 11.9. The fourth-order valence-electron chi connectivity index (χ4n) is 1.51. The van der Waals surface area contributed by atoms with E-state index in [1.165, 1.54) is 13.2 Å². The predicted octanol–water partition coefficient (Wildman–Crippen LogP) is 0.884. The van der Waals surface area contributed by atoms with Gasteiger partial charge in [-0.15, -0.1) is 0 Å². The van der Waals surface area contributed by atoms with Crippen molar-refractivity contribution in [2.75, 3.05) is 7.11 Å². The van der Waals surface area contributed by atoms with E-state index in [0.29, 0.717) is 11.3 Å². The summed E-state index contributed by atoms with van der Waals surface area (Å²) in [7, 11) is 1.53. The van der Waals surface area contributed by atoms with Crippen LogP contribution in [0.1, 0.15) is 24.8 Å². The average molecular weight is 224 g/mol. The molecule has 0 aromatic heterocycles. The molecule has 0 bridgehead atoms. The Kier molecular flexibility index (Phi) is 4.13. The number of hydrogen-bond acceptors (Lipinski definition) is 4. The van der Waals surface area contributed by atoms with Crippen LogP contribution in [0.2, 0.25) is 0 Å². The second kappa shape index (κ2) is 5.37. The SMILES string of the molecule is COc1ccc(C(C)CC(=O)NN)c(O)c1. The summed E-state index contributed by atoms with van der Waals surface area (Å²) in [6.07, 6.45) is 0.233. The fraction of sp³-hybridized carbons (Fsp3) is 0.364. The van der Waals surface area contributed by atoms with Crippen LogP contribution >= 0.6 is 0 Å². The van der Waals surface area contributed by atoms with Crippen LogP contribution in [-0.4, -0.2) is 18.1 Å². The maximum absolute atomic E-state index is 11.1. The zero-order valence-electron chi connectivity index (χ0n) is 9.36. The molecule has 0 aliphatic rings. The molecule has 1 aromatic rings. The Morgan fingerprint density at radius 1 is 1.62 bits per heavy atom. The highest BCUT2D eigenvalue weighted by atomic mass is 16.5. The number of amides is 1. The van der Waals surface area contributed by atoms with Crippen LogP contribution in [0.3, 0.4) is 0 Å². The van der Waals surface area contributed by atoms with Crippen LogP contribution in [0, 0.1) is 0 Å². The molecule has 0 spiro atoms. The van der Waals surface area contributed by atoms with Gasteiger partial charge >= 0.3 is 0 Å². The Bertz CT molecular complexity index is 379. The number of aromatic hydroxyl groups is 1. The summed E-state index contributed by atoms with van der Waals surface area (Å²) in [6, 6.07) is 5.00. The number of nitrogens with one attached hydrogen (secondary N) is 1. The molecule has 0 radical (unpaired) electrons. The summed E-state index contributed by atoms with van der Waals surface area (Å²) in [4.78, 5) is 11.1. The van der Waals surface area contributed by atoms with Gasteiger partial charge < -0.3 is 9.84 Å². The van der Waals surface area contributed by atoms with E-state index < -0.39 is 0 Å². The maximum atomic E-state index is 11.1. The van der Waals surface area contributed by atoms with Gasteiger partial charge in [0, 0.05) is 12.5 Å². The predicted molar refractivity (Wildman–Crippen MR) is 60.0 cm³/mol. The number of benzene rings is 1. The molecule has 5 nitrogen and oxygen atoms in total. The van der Waals surface area contributed by atoms with Crippen LogP contribution in [0.4, 0.5) is 0 Å². The van der Waals surface area contributed by atoms with Gasteiger partial charge in [-0.1, -0.05) is 13.0 Å². The topological polar surface area (TPSA) is 84.6 Å². The minimum absolute atomic E-state index is 0.102. The molecule has 1 amide bonds. The highest BCUT2D eigenvalue weighted by Crippen LogP contribution is 2.30. The molecule has 0 aliphatic carbocycles. The second-order valence-corrected chi connectivity index (χ2v) is 3.60. The first kappa shape index (κ1) is 12.3. The summed E-state index contributed by atoms with van der Waals surface area (Å²) in [5.74, 6) is 5.34. The van der Waals surface area contributed by atoms with E-state index in [1.807, 2.05) is 6.92 Å². The third-order valence-corrected chi connectivity index (χ3v) is 2.42. The maximum Gasteiger partial charge on any atom is 0.234 e. The van der Waals surface area contributed by atoms with Crippen LogP contribution in [0.15, 0.2) is 18.2 Å². The van der Waals surface area contributed by atoms with Crippen molar-refractivity contribution in [2.45, 2.75) is 19.3 Å². The fourth-order valence-corrected chi connectivity index (χ4v) is 1.51. The third kappa shape index (κ3) is 2.87. The Balaban J connectivity index is 2.83. The van der Waals surface area contributed by atoms with Gasteiger partial charge in [0.05, 0.1) is 7.11 Å². The minimum atomic E-state index is -0.261. The number of hydrazine groups is 1. The van der Waals surface area contributed by atoms with Crippen molar-refractivity contribution in [3.63, 3.8) is 0 Å². The van der Waals surface area contributed by atoms with Crippen LogP contribution < -0.4 is 16.0 Å². The lowest BCUT2D eigenvalue weighted by atomic mass is 9.96. The Morgan fingerprint density at radius 2 is 2.31 bits per heavy atom. The zero-order chi connectivity index (χ0) is 12.1. The van der Waals surface area contributed by atoms with Crippen molar-refractivity contribution in [3.8, 4) is 11.5 Å². The molecule has 1 unspecified atom stereocenters. The van der Waals surface area contributed by atoms with Gasteiger partial charge in [-0.25, -0.2) is 5.84 Å². The Labute approximate surface area is 94.2 Å². The van der Waals surface area contributed by atoms with Crippen molar-refractivity contribution in [1.29, 1.82) is 0 Å². The monoisotopic (exact) mass is 224 g/mol. The van der Waals surface area contributed by atoms with Crippen LogP contribution in [-0.2, 0) is 4.79 Å². The smallest absolute Gasteiger partial charge is 0.234 e. The number of ether oxygens (including phenoxy) is 1. The molecule has 88 valence electrons. The molecular weight excluding hydrogens is 208 g/mol. The summed E-state index contributed by atoms with van der Waals surface area (Å²) >= 11 is 0. The van der Waals surface area contributed by atoms with Crippen LogP contribution in [0.5, 0.6) is 11.5 Å². The molecule has 0 aliphatic heterocycles. The van der Waals surface area contributed by atoms with Gasteiger partial charge in [0.15, 0.2) is 0 Å². The zero-order valence-corrected chi connectivity index (χ0v) is 9.36. The quantitative estimate of drug-likeness (QED) is 0.403. The highest BCUT2D eigenvalue weighted by Gasteiger charge is 2.14. The van der Waals surface area contributed by atoms with Gasteiger partial charge in [-0.3, -0.25) is 10.2 Å². The first-order valence-corrected chi connectivity index (χ1v) is 4.94. The molecule has 5 heteroatoms. The third-order valence-electron chi connectivity index (χ3n) is 2.42. The number of methoxy groups -OCH3 is 1. The Hall–Kier alpha value is -1.75. The first-order chi connectivity index (χ1) is 7.58. The van der Waals surface area contributed by atoms with E-state index >= 15 is 0 Å². The lowest BCUT2D eigenvalue weighted by Gasteiger charge is -2.13. The first-order valence-electron chi connectivity index (χ1n) is 4.94. The van der Waals surface area contributed by atoms with Crippen LogP contribution in [0.25, 0.3) is 0 Å². The average Bonchev–Trinajstić information content (AvgIpc) is 2.28. The van der Waals surface area contributed by atoms with Gasteiger partial charge in [-0.05, 0) is 17.5 Å². The van der Waals surface area contributed by atoms with Crippen molar-refractivity contribution >= 4 is 5.91 Å². The van der Waals surface area contributed by atoms with Gasteiger partial charge in [-0.2, -0.15) is 0 Å². The minimum Gasteiger partial charge on any atom is -0.508 e. The summed E-state index contributed by atoms with van der Waals surface area (Å²) in [5.41, 5.74) is 2.76. The molecule has 1 atom stereocenters. The Morgan fingerprint density at radius 3 is 2.81 bits per heavy atom. The van der Waals surface area contributed by atoms with E-state index in [4.69, 9.17) is 10.6 Å². The standard InChI is InChI=1S/C11H16N2O3/c1-7(5-11(15)13-12)9-4-3-8(16-2)6-10(9)14/h3-4,6-7,14H,5,12H2,1-2H3,(H,13,15). The summed E-state index contributed by atoms with van der Waals surface area (Å²) in [5, 5.41) is 9.74. The van der Waals surface area contributed by atoms with E-state index in [-0.39, 0.29) is 24.0 Å². The number of hydrogen-bond donors (Lipinski definition) is 3. The number of nitrogens with two attached hydrogens (primary N) is 1. The van der Waals surface area contributed by atoms with E-state index in [1.54, 1.807) is 12.1 Å². The van der Waals surface area contributed by atoms with E-state index in [0.717, 1.165) is 0 Å². The molecule has 0 heterocycles. The second-order valence-electron chi connectivity index (χ2n) is 3.60. The summed E-state index contributed by atoms with van der Waals surface area (Å²) in [6.45, 7) is 1.84. The largest absolute Gasteiger partial charge is 0.508 e. The molecule has 4 N–H and O–H groups in total. The lowest BCUT2D eigenvalue weighted by molar-refractivity contribution is -0.121. The van der Waals surface area contributed by atoms with Crippen molar-refractivity contribution in [2.24, 2.45) is 5.84 Å². The molecule has 0 saturated heterocycles. The number of carbonyl (C=O) groups excluding carboxylic acids is 1. The van der Waals surface area contributed by atoms with Crippen molar-refractivity contribution in [3.05, 3.63) is 23.8 Å². The lowest BCUT2D eigenvalue weighted by Crippen LogP contribution is -2.30. The van der Waals surface area contributed by atoms with Gasteiger partial charge in [0.2, 0.25) is 5.91 Å². The van der Waals surface area contributed by atoms with Gasteiger partial charge in [0.1, 0.15) is 11.5 Å². The molecule has 16 heavy (non-hydrogen) atoms. The van der Waals surface area contributed by atoms with Gasteiger partial charge in [0.25, 0.3) is 0 Å². The molecule has 1 rings (SSSR count). The molecule has 1 aromatic carbocycles. The molecule has 0 fully saturated rings. The van der Waals surface area contributed by atoms with Crippen molar-refractivity contribution < 1.29 is 14.6 Å². The number of carbonyl (C=O) groups is 1. The van der Waals surface area contributed by atoms with Crippen molar-refractivity contribution in [1.82, 2.24) is 5.43 Å². The van der Waals surface area contributed by atoms with E-state index in [9.17, 15) is 9.90 Å². The summed E-state index contributed by atoms with van der Waals surface area (Å²) < 4.78 is 4.97. The molecular formula is C11H16N2O3. The van der Waals surface area contributed by atoms with E-state index in [2.05, 4.69) is 5.43 Å². The highest BCUT2D eigenvalue weighted by molar-refractivity contribution is 5.76. The molecule has 0 saturated carbocycles. The number of phenolic OH excluding ortho intramolecular Hbond substituents is 1. The number of phenols is 1. The number of rotatable bonds is 4.